The maximum Gasteiger partial charge on any atom is 0.121 e. The first kappa shape index (κ1) is 12.7. The second-order valence-corrected chi connectivity index (χ2v) is 3.95. The van der Waals surface area contributed by atoms with E-state index in [4.69, 9.17) is 10.4 Å². The molecule has 0 spiro atoms. The number of aryl methyl sites for hydroxylation is 2. The molecule has 3 heteroatoms. The maximum atomic E-state index is 9.12. The predicted octanol–water partition coefficient (Wildman–Crippen LogP) is 1.84. The van der Waals surface area contributed by atoms with Crippen molar-refractivity contribution in [1.29, 1.82) is 5.26 Å². The van der Waals surface area contributed by atoms with E-state index in [1.807, 2.05) is 32.0 Å². The summed E-state index contributed by atoms with van der Waals surface area (Å²) in [5, 5.41) is 21.0. The minimum atomic E-state index is -0.286. The molecule has 2 N–H and O–H groups in total. The van der Waals surface area contributed by atoms with Crippen LogP contribution in [-0.2, 0) is 0 Å². The van der Waals surface area contributed by atoms with Gasteiger partial charge in [-0.05, 0) is 37.9 Å². The van der Waals surface area contributed by atoms with Gasteiger partial charge in [0.05, 0.1) is 6.07 Å². The van der Waals surface area contributed by atoms with Crippen LogP contribution in [0.4, 0.5) is 0 Å². The highest BCUT2D eigenvalue weighted by Gasteiger charge is 2.11. The molecule has 0 aromatic heterocycles. The SMILES string of the molecule is Cc1ccc(C)c(C(C#N)NCCCO)c1. The molecule has 16 heavy (non-hydrogen) atoms. The molecule has 1 atom stereocenters. The number of nitrogens with one attached hydrogen (secondary N) is 1. The van der Waals surface area contributed by atoms with E-state index in [1.54, 1.807) is 0 Å². The van der Waals surface area contributed by atoms with E-state index in [9.17, 15) is 0 Å². The van der Waals surface area contributed by atoms with Crippen LogP contribution in [0.3, 0.4) is 0 Å². The average molecular weight is 218 g/mol. The summed E-state index contributed by atoms with van der Waals surface area (Å²) < 4.78 is 0. The number of aliphatic hydroxyl groups is 1. The van der Waals surface area contributed by atoms with Crippen molar-refractivity contribution in [1.82, 2.24) is 5.32 Å². The van der Waals surface area contributed by atoms with E-state index in [1.165, 1.54) is 0 Å². The molecule has 0 amide bonds. The Morgan fingerprint density at radius 2 is 2.19 bits per heavy atom. The summed E-state index contributed by atoms with van der Waals surface area (Å²) in [5.74, 6) is 0. The fourth-order valence-electron chi connectivity index (χ4n) is 1.62. The number of nitrogens with zero attached hydrogens (tertiary/aromatic N) is 1. The maximum absolute atomic E-state index is 9.12. The van der Waals surface area contributed by atoms with Crippen molar-refractivity contribution < 1.29 is 5.11 Å². The Kier molecular flexibility index (Phi) is 4.97. The van der Waals surface area contributed by atoms with Gasteiger partial charge in [-0.15, -0.1) is 0 Å². The molecule has 1 aromatic rings. The van der Waals surface area contributed by atoms with Gasteiger partial charge in [-0.3, -0.25) is 5.32 Å². The van der Waals surface area contributed by atoms with E-state index in [2.05, 4.69) is 11.4 Å². The summed E-state index contributed by atoms with van der Waals surface area (Å²) in [6.07, 6.45) is 0.670. The molecule has 3 nitrogen and oxygen atoms in total. The van der Waals surface area contributed by atoms with Crippen molar-refractivity contribution in [2.45, 2.75) is 26.3 Å². The van der Waals surface area contributed by atoms with Crippen LogP contribution in [0.2, 0.25) is 0 Å². The molecule has 0 aliphatic heterocycles. The lowest BCUT2D eigenvalue weighted by atomic mass is 9.99. The molecule has 86 valence electrons. The number of nitriles is 1. The Hall–Kier alpha value is -1.37. The Morgan fingerprint density at radius 1 is 1.44 bits per heavy atom. The summed E-state index contributed by atoms with van der Waals surface area (Å²) in [6, 6.07) is 8.08. The van der Waals surface area contributed by atoms with Gasteiger partial charge in [0, 0.05) is 6.61 Å². The van der Waals surface area contributed by atoms with Crippen molar-refractivity contribution >= 4 is 0 Å². The number of rotatable bonds is 5. The highest BCUT2D eigenvalue weighted by Crippen LogP contribution is 2.18. The van der Waals surface area contributed by atoms with Crippen LogP contribution in [0.5, 0.6) is 0 Å². The molecule has 0 aliphatic carbocycles. The highest BCUT2D eigenvalue weighted by atomic mass is 16.3. The smallest absolute Gasteiger partial charge is 0.121 e. The minimum Gasteiger partial charge on any atom is -0.396 e. The van der Waals surface area contributed by atoms with Crippen LogP contribution in [0.1, 0.15) is 29.2 Å². The molecule has 0 saturated carbocycles. The summed E-state index contributed by atoms with van der Waals surface area (Å²) in [6.45, 7) is 4.83. The molecule has 0 saturated heterocycles. The zero-order chi connectivity index (χ0) is 12.0. The van der Waals surface area contributed by atoms with Crippen LogP contribution in [0.15, 0.2) is 18.2 Å². The Labute approximate surface area is 96.7 Å². The summed E-state index contributed by atoms with van der Waals surface area (Å²) in [5.41, 5.74) is 3.30. The Bertz CT molecular complexity index is 382. The van der Waals surface area contributed by atoms with Gasteiger partial charge < -0.3 is 5.11 Å². The summed E-state index contributed by atoms with van der Waals surface area (Å²) >= 11 is 0. The van der Waals surface area contributed by atoms with E-state index >= 15 is 0 Å². The Morgan fingerprint density at radius 3 is 2.81 bits per heavy atom. The van der Waals surface area contributed by atoms with Crippen LogP contribution in [0, 0.1) is 25.2 Å². The topological polar surface area (TPSA) is 56.0 Å². The van der Waals surface area contributed by atoms with Gasteiger partial charge in [-0.25, -0.2) is 0 Å². The monoisotopic (exact) mass is 218 g/mol. The van der Waals surface area contributed by atoms with Gasteiger partial charge in [-0.2, -0.15) is 5.26 Å². The van der Waals surface area contributed by atoms with E-state index in [0.29, 0.717) is 13.0 Å². The molecule has 0 aliphatic rings. The fourth-order valence-corrected chi connectivity index (χ4v) is 1.62. The van der Waals surface area contributed by atoms with Crippen molar-refractivity contribution in [3.63, 3.8) is 0 Å². The van der Waals surface area contributed by atoms with Crippen LogP contribution in [-0.4, -0.2) is 18.3 Å². The third-order valence-electron chi connectivity index (χ3n) is 2.56. The van der Waals surface area contributed by atoms with Gasteiger partial charge in [0.15, 0.2) is 0 Å². The molecule has 1 rings (SSSR count). The standard InChI is InChI=1S/C13H18N2O/c1-10-4-5-11(2)12(8-10)13(9-14)15-6-3-7-16/h4-5,8,13,15-16H,3,6-7H2,1-2H3. The third kappa shape index (κ3) is 3.34. The number of benzene rings is 1. The normalized spacial score (nSPS) is 12.1. The number of hydrogen-bond donors (Lipinski definition) is 2. The van der Waals surface area contributed by atoms with Gasteiger partial charge in [0.2, 0.25) is 0 Å². The second-order valence-electron chi connectivity index (χ2n) is 3.95. The quantitative estimate of drug-likeness (QED) is 0.741. The van der Waals surface area contributed by atoms with Gasteiger partial charge in [-0.1, -0.05) is 23.8 Å². The largest absolute Gasteiger partial charge is 0.396 e. The van der Waals surface area contributed by atoms with Crippen molar-refractivity contribution in [3.05, 3.63) is 34.9 Å². The first-order valence-electron chi connectivity index (χ1n) is 5.50. The lowest BCUT2D eigenvalue weighted by Crippen LogP contribution is -2.22. The molecule has 0 heterocycles. The lowest BCUT2D eigenvalue weighted by molar-refractivity contribution is 0.285. The lowest BCUT2D eigenvalue weighted by Gasteiger charge is -2.14. The first-order valence-corrected chi connectivity index (χ1v) is 5.50. The first-order chi connectivity index (χ1) is 7.69. The van der Waals surface area contributed by atoms with E-state index in [-0.39, 0.29) is 12.6 Å². The molecule has 0 fully saturated rings. The molecule has 0 radical (unpaired) electrons. The third-order valence-corrected chi connectivity index (χ3v) is 2.56. The Balaban J connectivity index is 2.79. The van der Waals surface area contributed by atoms with Crippen LogP contribution in [0.25, 0.3) is 0 Å². The average Bonchev–Trinajstić information content (AvgIpc) is 2.28. The summed E-state index contributed by atoms with van der Waals surface area (Å²) in [4.78, 5) is 0. The zero-order valence-electron chi connectivity index (χ0n) is 9.83. The minimum absolute atomic E-state index is 0.151. The summed E-state index contributed by atoms with van der Waals surface area (Å²) in [7, 11) is 0. The molecule has 0 bridgehead atoms. The van der Waals surface area contributed by atoms with Crippen LogP contribution < -0.4 is 5.32 Å². The van der Waals surface area contributed by atoms with Crippen molar-refractivity contribution in [2.24, 2.45) is 0 Å². The second kappa shape index (κ2) is 6.26. The van der Waals surface area contributed by atoms with Gasteiger partial charge >= 0.3 is 0 Å². The number of hydrogen-bond acceptors (Lipinski definition) is 3. The van der Waals surface area contributed by atoms with Gasteiger partial charge in [0.25, 0.3) is 0 Å². The van der Waals surface area contributed by atoms with Crippen molar-refractivity contribution in [2.75, 3.05) is 13.2 Å². The molecular weight excluding hydrogens is 200 g/mol. The zero-order valence-corrected chi connectivity index (χ0v) is 9.83. The van der Waals surface area contributed by atoms with Crippen molar-refractivity contribution in [3.8, 4) is 6.07 Å². The van der Waals surface area contributed by atoms with E-state index < -0.39 is 0 Å². The highest BCUT2D eigenvalue weighted by molar-refractivity contribution is 5.35. The predicted molar refractivity (Wildman–Crippen MR) is 64.0 cm³/mol. The molecule has 1 unspecified atom stereocenters. The number of aliphatic hydroxyl groups excluding tert-OH is 1. The molecule has 1 aromatic carbocycles. The fraction of sp³-hybridized carbons (Fsp3) is 0.462. The van der Waals surface area contributed by atoms with Crippen LogP contribution >= 0.6 is 0 Å². The van der Waals surface area contributed by atoms with Gasteiger partial charge in [0.1, 0.15) is 6.04 Å². The van der Waals surface area contributed by atoms with E-state index in [0.717, 1.165) is 16.7 Å². The molecular formula is C13H18N2O.